The van der Waals surface area contributed by atoms with Crippen LogP contribution in [0.3, 0.4) is 0 Å². The molecule has 1 aliphatic rings. The smallest absolute Gasteiger partial charge is 0.146 e. The van der Waals surface area contributed by atoms with Gasteiger partial charge in [0.2, 0.25) is 0 Å². The summed E-state index contributed by atoms with van der Waals surface area (Å²) >= 11 is 0. The first kappa shape index (κ1) is 13.3. The molecule has 0 spiro atoms. The molecular weight excluding hydrogens is 232 g/mol. The summed E-state index contributed by atoms with van der Waals surface area (Å²) in [7, 11) is 0. The molecule has 0 bridgehead atoms. The second kappa shape index (κ2) is 5.68. The summed E-state index contributed by atoms with van der Waals surface area (Å²) in [5.74, 6) is 0.689. The first-order valence-corrected chi connectivity index (χ1v) is 6.75. The van der Waals surface area contributed by atoms with E-state index in [1.165, 1.54) is 37.8 Å². The number of hydrogen-bond acceptors (Lipinski definition) is 1. The van der Waals surface area contributed by atoms with E-state index in [1.807, 2.05) is 0 Å². The Labute approximate surface area is 108 Å². The van der Waals surface area contributed by atoms with Crippen molar-refractivity contribution >= 4 is 5.69 Å². The first-order chi connectivity index (χ1) is 8.56. The summed E-state index contributed by atoms with van der Waals surface area (Å²) in [5.41, 5.74) is 0.640. The van der Waals surface area contributed by atoms with Gasteiger partial charge >= 0.3 is 0 Å². The van der Waals surface area contributed by atoms with Gasteiger partial charge in [-0.1, -0.05) is 19.8 Å². The normalized spacial score (nSPS) is 24.0. The average molecular weight is 253 g/mol. The lowest BCUT2D eigenvalue weighted by molar-refractivity contribution is 0.300. The van der Waals surface area contributed by atoms with Crippen molar-refractivity contribution in [3.05, 3.63) is 29.3 Å². The van der Waals surface area contributed by atoms with Gasteiger partial charge in [-0.3, -0.25) is 0 Å². The molecule has 1 nitrogen and oxygen atoms in total. The molecular formula is C15H21F2N. The second-order valence-electron chi connectivity index (χ2n) is 5.59. The Morgan fingerprint density at radius 1 is 1.11 bits per heavy atom. The Balaban J connectivity index is 1.92. The van der Waals surface area contributed by atoms with Crippen molar-refractivity contribution in [2.45, 2.75) is 39.5 Å². The molecule has 1 N–H and O–H groups in total. The number of aryl methyl sites for hydroxylation is 1. The van der Waals surface area contributed by atoms with Crippen LogP contribution in [-0.2, 0) is 0 Å². The summed E-state index contributed by atoms with van der Waals surface area (Å²) in [4.78, 5) is 0. The van der Waals surface area contributed by atoms with E-state index in [0.717, 1.165) is 12.5 Å². The van der Waals surface area contributed by atoms with Crippen molar-refractivity contribution in [3.63, 3.8) is 0 Å². The van der Waals surface area contributed by atoms with Gasteiger partial charge in [0, 0.05) is 12.6 Å². The Hall–Kier alpha value is -1.12. The zero-order valence-electron chi connectivity index (χ0n) is 11.1. The number of benzene rings is 1. The van der Waals surface area contributed by atoms with E-state index < -0.39 is 0 Å². The molecule has 0 heterocycles. The van der Waals surface area contributed by atoms with Gasteiger partial charge in [-0.2, -0.15) is 0 Å². The highest BCUT2D eigenvalue weighted by Crippen LogP contribution is 2.29. The third-order valence-corrected chi connectivity index (χ3v) is 3.96. The molecule has 0 aromatic heterocycles. The quantitative estimate of drug-likeness (QED) is 0.835. The van der Waals surface area contributed by atoms with Crippen LogP contribution >= 0.6 is 0 Å². The molecule has 18 heavy (non-hydrogen) atoms. The van der Waals surface area contributed by atoms with Crippen molar-refractivity contribution in [2.24, 2.45) is 11.8 Å². The molecule has 0 aliphatic heterocycles. The molecule has 0 amide bonds. The first-order valence-electron chi connectivity index (χ1n) is 6.75. The lowest BCUT2D eigenvalue weighted by Crippen LogP contribution is -2.20. The lowest BCUT2D eigenvalue weighted by Gasteiger charge is -2.26. The van der Waals surface area contributed by atoms with Crippen LogP contribution < -0.4 is 5.32 Å². The molecule has 0 saturated heterocycles. The van der Waals surface area contributed by atoms with E-state index in [-0.39, 0.29) is 17.3 Å². The summed E-state index contributed by atoms with van der Waals surface area (Å²) in [5, 5.41) is 3.05. The van der Waals surface area contributed by atoms with Crippen LogP contribution in [-0.4, -0.2) is 6.54 Å². The van der Waals surface area contributed by atoms with Crippen LogP contribution in [0, 0.1) is 30.4 Å². The standard InChI is InChI=1S/C15H21F2N/c1-10-3-5-12(6-4-10)9-18-15-8-13(16)11(2)7-14(15)17/h7-8,10,12,18H,3-6,9H2,1-2H3. The maximum Gasteiger partial charge on any atom is 0.146 e. The van der Waals surface area contributed by atoms with E-state index in [2.05, 4.69) is 12.2 Å². The summed E-state index contributed by atoms with van der Waals surface area (Å²) in [6.45, 7) is 4.59. The van der Waals surface area contributed by atoms with Gasteiger partial charge in [0.15, 0.2) is 0 Å². The molecule has 1 aromatic carbocycles. The van der Waals surface area contributed by atoms with Gasteiger partial charge < -0.3 is 5.32 Å². The van der Waals surface area contributed by atoms with Gasteiger partial charge in [-0.05, 0) is 43.2 Å². The fourth-order valence-corrected chi connectivity index (χ4v) is 2.57. The zero-order valence-corrected chi connectivity index (χ0v) is 11.1. The Morgan fingerprint density at radius 2 is 1.78 bits per heavy atom. The SMILES string of the molecule is Cc1cc(F)c(NCC2CCC(C)CC2)cc1F. The Morgan fingerprint density at radius 3 is 2.44 bits per heavy atom. The van der Waals surface area contributed by atoms with E-state index >= 15 is 0 Å². The molecule has 3 heteroatoms. The molecule has 1 fully saturated rings. The monoisotopic (exact) mass is 253 g/mol. The van der Waals surface area contributed by atoms with E-state index in [0.29, 0.717) is 11.5 Å². The van der Waals surface area contributed by atoms with Gasteiger partial charge in [0.05, 0.1) is 5.69 Å². The largest absolute Gasteiger partial charge is 0.382 e. The van der Waals surface area contributed by atoms with Crippen LogP contribution in [0.1, 0.15) is 38.2 Å². The fraction of sp³-hybridized carbons (Fsp3) is 0.600. The third-order valence-electron chi connectivity index (χ3n) is 3.96. The number of halogens is 2. The number of hydrogen-bond donors (Lipinski definition) is 1. The maximum absolute atomic E-state index is 13.6. The van der Waals surface area contributed by atoms with E-state index in [4.69, 9.17) is 0 Å². The van der Waals surface area contributed by atoms with Crippen LogP contribution in [0.5, 0.6) is 0 Å². The van der Waals surface area contributed by atoms with Crippen LogP contribution in [0.15, 0.2) is 12.1 Å². The summed E-state index contributed by atoms with van der Waals surface area (Å²) in [6, 6.07) is 2.51. The van der Waals surface area contributed by atoms with Gasteiger partial charge in [0.1, 0.15) is 11.6 Å². The van der Waals surface area contributed by atoms with Crippen molar-refractivity contribution in [1.29, 1.82) is 0 Å². The maximum atomic E-state index is 13.6. The topological polar surface area (TPSA) is 12.0 Å². The third kappa shape index (κ3) is 3.21. The number of nitrogens with one attached hydrogen (secondary N) is 1. The van der Waals surface area contributed by atoms with Crippen LogP contribution in [0.4, 0.5) is 14.5 Å². The average Bonchev–Trinajstić information content (AvgIpc) is 2.34. The Bertz CT molecular complexity index is 409. The van der Waals surface area contributed by atoms with Crippen LogP contribution in [0.2, 0.25) is 0 Å². The minimum absolute atomic E-state index is 0.289. The van der Waals surface area contributed by atoms with Gasteiger partial charge in [-0.25, -0.2) is 8.78 Å². The summed E-state index contributed by atoms with van der Waals surface area (Å²) < 4.78 is 27.0. The highest BCUT2D eigenvalue weighted by Gasteiger charge is 2.18. The van der Waals surface area contributed by atoms with Gasteiger partial charge in [-0.15, -0.1) is 0 Å². The lowest BCUT2D eigenvalue weighted by atomic mass is 9.83. The predicted octanol–water partition coefficient (Wildman–Crippen LogP) is 4.51. The zero-order chi connectivity index (χ0) is 13.1. The predicted molar refractivity (Wildman–Crippen MR) is 70.7 cm³/mol. The van der Waals surface area contributed by atoms with Crippen molar-refractivity contribution in [3.8, 4) is 0 Å². The molecule has 1 saturated carbocycles. The minimum atomic E-state index is -0.363. The second-order valence-corrected chi connectivity index (χ2v) is 5.59. The molecule has 0 radical (unpaired) electrons. The number of rotatable bonds is 3. The summed E-state index contributed by atoms with van der Waals surface area (Å²) in [6.07, 6.45) is 4.86. The number of anilines is 1. The minimum Gasteiger partial charge on any atom is -0.382 e. The van der Waals surface area contributed by atoms with Crippen molar-refractivity contribution in [2.75, 3.05) is 11.9 Å². The molecule has 100 valence electrons. The molecule has 2 rings (SSSR count). The van der Waals surface area contributed by atoms with Crippen LogP contribution in [0.25, 0.3) is 0 Å². The highest BCUT2D eigenvalue weighted by molar-refractivity contribution is 5.46. The molecule has 1 aromatic rings. The molecule has 1 aliphatic carbocycles. The molecule has 0 atom stereocenters. The fourth-order valence-electron chi connectivity index (χ4n) is 2.57. The van der Waals surface area contributed by atoms with Crippen molar-refractivity contribution in [1.82, 2.24) is 0 Å². The van der Waals surface area contributed by atoms with Gasteiger partial charge in [0.25, 0.3) is 0 Å². The molecule has 0 unspecified atom stereocenters. The van der Waals surface area contributed by atoms with E-state index in [9.17, 15) is 8.78 Å². The van der Waals surface area contributed by atoms with E-state index in [1.54, 1.807) is 6.92 Å². The van der Waals surface area contributed by atoms with Crippen molar-refractivity contribution < 1.29 is 8.78 Å². The Kier molecular flexibility index (Phi) is 4.20. The highest BCUT2D eigenvalue weighted by atomic mass is 19.1.